The summed E-state index contributed by atoms with van der Waals surface area (Å²) in [6.07, 6.45) is 0.815. The largest absolute Gasteiger partial charge is 0.0931 e. The third-order valence-electron chi connectivity index (χ3n) is 2.14. The average molecular weight is 192 g/mol. The van der Waals surface area contributed by atoms with E-state index in [2.05, 4.69) is 24.0 Å². The van der Waals surface area contributed by atoms with Gasteiger partial charge in [0.2, 0.25) is 0 Å². The van der Waals surface area contributed by atoms with Gasteiger partial charge >= 0.3 is 0 Å². The maximum atomic E-state index is 3.17. The summed E-state index contributed by atoms with van der Waals surface area (Å²) >= 11 is 0. The van der Waals surface area contributed by atoms with E-state index in [1.165, 1.54) is 5.56 Å². The Kier molecular flexibility index (Phi) is 3.20. The summed E-state index contributed by atoms with van der Waals surface area (Å²) in [6, 6.07) is 20.4. The van der Waals surface area contributed by atoms with Crippen LogP contribution in [0, 0.1) is 11.8 Å². The highest BCUT2D eigenvalue weighted by atomic mass is 13.9. The van der Waals surface area contributed by atoms with Gasteiger partial charge in [-0.15, -0.1) is 0 Å². The summed E-state index contributed by atoms with van der Waals surface area (Å²) in [5.74, 6) is 6.31. The van der Waals surface area contributed by atoms with Gasteiger partial charge in [0.1, 0.15) is 0 Å². The lowest BCUT2D eigenvalue weighted by Gasteiger charge is -1.91. The molecule has 0 unspecified atom stereocenters. The zero-order valence-corrected chi connectivity index (χ0v) is 8.48. The van der Waals surface area contributed by atoms with Crippen LogP contribution in [0.2, 0.25) is 0 Å². The van der Waals surface area contributed by atoms with Crippen LogP contribution in [0.15, 0.2) is 60.7 Å². The van der Waals surface area contributed by atoms with Crippen LogP contribution in [0.1, 0.15) is 11.1 Å². The fourth-order valence-electron chi connectivity index (χ4n) is 1.37. The molecule has 0 aliphatic heterocycles. The van der Waals surface area contributed by atoms with Crippen LogP contribution >= 0.6 is 0 Å². The fraction of sp³-hybridized carbons (Fsp3) is 0.0667. The number of benzene rings is 2. The Morgan fingerprint density at radius 2 is 1.33 bits per heavy atom. The minimum absolute atomic E-state index is 0.815. The number of hydrogen-bond donors (Lipinski definition) is 0. The standard InChI is InChI=1S/C15H12/c1-3-8-14(9-4-1)12-7-13-15-10-5-2-6-11-15/h1-6,8-11H,12H2. The van der Waals surface area contributed by atoms with Crippen LogP contribution in [0.3, 0.4) is 0 Å². The summed E-state index contributed by atoms with van der Waals surface area (Å²) in [6.45, 7) is 0. The molecule has 0 fully saturated rings. The van der Waals surface area contributed by atoms with Crippen molar-refractivity contribution in [2.24, 2.45) is 0 Å². The molecule has 0 aromatic heterocycles. The Morgan fingerprint density at radius 3 is 2.00 bits per heavy atom. The molecule has 2 rings (SSSR count). The molecule has 0 radical (unpaired) electrons. The highest BCUT2D eigenvalue weighted by molar-refractivity contribution is 5.35. The van der Waals surface area contributed by atoms with Gasteiger partial charge in [0.25, 0.3) is 0 Å². The lowest BCUT2D eigenvalue weighted by molar-refractivity contribution is 1.32. The normalized spacial score (nSPS) is 9.07. The summed E-state index contributed by atoms with van der Waals surface area (Å²) in [7, 11) is 0. The van der Waals surface area contributed by atoms with Crippen LogP contribution < -0.4 is 0 Å². The Labute approximate surface area is 90.6 Å². The van der Waals surface area contributed by atoms with Crippen molar-refractivity contribution < 1.29 is 0 Å². The van der Waals surface area contributed by atoms with E-state index in [9.17, 15) is 0 Å². The van der Waals surface area contributed by atoms with Crippen molar-refractivity contribution in [2.45, 2.75) is 6.42 Å². The van der Waals surface area contributed by atoms with Gasteiger partial charge in [0, 0.05) is 12.0 Å². The molecular formula is C15H12. The quantitative estimate of drug-likeness (QED) is 0.608. The zero-order valence-electron chi connectivity index (χ0n) is 8.48. The molecule has 0 heteroatoms. The molecule has 0 aliphatic carbocycles. The van der Waals surface area contributed by atoms with Crippen molar-refractivity contribution in [3.63, 3.8) is 0 Å². The molecule has 2 aromatic rings. The minimum atomic E-state index is 0.815. The second-order valence-corrected chi connectivity index (χ2v) is 3.33. The van der Waals surface area contributed by atoms with Crippen LogP contribution in [0.25, 0.3) is 0 Å². The smallest absolute Gasteiger partial charge is 0.0344 e. The Morgan fingerprint density at radius 1 is 0.733 bits per heavy atom. The van der Waals surface area contributed by atoms with Gasteiger partial charge in [-0.1, -0.05) is 60.4 Å². The topological polar surface area (TPSA) is 0 Å². The van der Waals surface area contributed by atoms with E-state index in [1.54, 1.807) is 0 Å². The Bertz CT molecular complexity index is 458. The van der Waals surface area contributed by atoms with Gasteiger partial charge < -0.3 is 0 Å². The van der Waals surface area contributed by atoms with E-state index in [4.69, 9.17) is 0 Å². The van der Waals surface area contributed by atoms with Crippen molar-refractivity contribution in [3.8, 4) is 11.8 Å². The maximum Gasteiger partial charge on any atom is 0.0344 e. The molecule has 0 saturated carbocycles. The van der Waals surface area contributed by atoms with E-state index >= 15 is 0 Å². The third kappa shape index (κ3) is 3.00. The zero-order chi connectivity index (χ0) is 10.3. The highest BCUT2D eigenvalue weighted by Gasteiger charge is 1.85. The van der Waals surface area contributed by atoms with Crippen LogP contribution in [0.4, 0.5) is 0 Å². The predicted molar refractivity (Wildman–Crippen MR) is 63.5 cm³/mol. The van der Waals surface area contributed by atoms with Crippen LogP contribution in [-0.4, -0.2) is 0 Å². The summed E-state index contributed by atoms with van der Waals surface area (Å²) in [5.41, 5.74) is 2.34. The summed E-state index contributed by atoms with van der Waals surface area (Å²) in [5, 5.41) is 0. The van der Waals surface area contributed by atoms with Crippen molar-refractivity contribution >= 4 is 0 Å². The van der Waals surface area contributed by atoms with E-state index in [1.807, 2.05) is 48.5 Å². The van der Waals surface area contributed by atoms with Crippen molar-refractivity contribution in [2.75, 3.05) is 0 Å². The summed E-state index contributed by atoms with van der Waals surface area (Å²) in [4.78, 5) is 0. The first kappa shape index (κ1) is 9.55. The van der Waals surface area contributed by atoms with Gasteiger partial charge in [0.15, 0.2) is 0 Å². The maximum absolute atomic E-state index is 3.17. The monoisotopic (exact) mass is 192 g/mol. The van der Waals surface area contributed by atoms with E-state index in [-0.39, 0.29) is 0 Å². The lowest BCUT2D eigenvalue weighted by atomic mass is 10.1. The van der Waals surface area contributed by atoms with Gasteiger partial charge in [-0.3, -0.25) is 0 Å². The second kappa shape index (κ2) is 5.02. The molecule has 0 spiro atoms. The van der Waals surface area contributed by atoms with Gasteiger partial charge in [-0.05, 0) is 17.7 Å². The first-order chi connectivity index (χ1) is 7.45. The molecule has 15 heavy (non-hydrogen) atoms. The molecule has 0 nitrogen and oxygen atoms in total. The van der Waals surface area contributed by atoms with Crippen LogP contribution in [-0.2, 0) is 6.42 Å². The molecule has 0 aliphatic rings. The first-order valence-electron chi connectivity index (χ1n) is 5.03. The number of rotatable bonds is 1. The third-order valence-corrected chi connectivity index (χ3v) is 2.14. The molecule has 0 bridgehead atoms. The Balaban J connectivity index is 2.03. The van der Waals surface area contributed by atoms with Crippen molar-refractivity contribution in [1.82, 2.24) is 0 Å². The predicted octanol–water partition coefficient (Wildman–Crippen LogP) is 3.28. The first-order valence-corrected chi connectivity index (χ1v) is 5.03. The summed E-state index contributed by atoms with van der Waals surface area (Å²) < 4.78 is 0. The molecule has 0 saturated heterocycles. The van der Waals surface area contributed by atoms with Crippen LogP contribution in [0.5, 0.6) is 0 Å². The van der Waals surface area contributed by atoms with E-state index in [0.29, 0.717) is 0 Å². The number of hydrogen-bond acceptors (Lipinski definition) is 0. The molecule has 0 amide bonds. The van der Waals surface area contributed by atoms with E-state index in [0.717, 1.165) is 12.0 Å². The highest BCUT2D eigenvalue weighted by Crippen LogP contribution is 1.99. The molecule has 2 aromatic carbocycles. The molecule has 72 valence electrons. The molecule has 0 heterocycles. The minimum Gasteiger partial charge on any atom is -0.0931 e. The van der Waals surface area contributed by atoms with Crippen molar-refractivity contribution in [1.29, 1.82) is 0 Å². The Hall–Kier alpha value is -2.00. The SMILES string of the molecule is C(#Cc1ccccc1)Cc1ccccc1. The molecular weight excluding hydrogens is 180 g/mol. The van der Waals surface area contributed by atoms with Gasteiger partial charge in [-0.2, -0.15) is 0 Å². The van der Waals surface area contributed by atoms with E-state index < -0.39 is 0 Å². The molecule has 0 N–H and O–H groups in total. The second-order valence-electron chi connectivity index (χ2n) is 3.33. The average Bonchev–Trinajstić information content (AvgIpc) is 2.32. The fourth-order valence-corrected chi connectivity index (χ4v) is 1.37. The van der Waals surface area contributed by atoms with Gasteiger partial charge in [-0.25, -0.2) is 0 Å². The molecule has 0 atom stereocenters. The van der Waals surface area contributed by atoms with Crippen molar-refractivity contribution in [3.05, 3.63) is 71.8 Å². The lowest BCUT2D eigenvalue weighted by Crippen LogP contribution is -1.79. The van der Waals surface area contributed by atoms with Gasteiger partial charge in [0.05, 0.1) is 0 Å².